The van der Waals surface area contributed by atoms with Crippen molar-refractivity contribution in [3.63, 3.8) is 0 Å². The fraction of sp³-hybridized carbons (Fsp3) is 0.625. The number of primary amides is 1. The van der Waals surface area contributed by atoms with E-state index in [-0.39, 0.29) is 5.91 Å². The highest BCUT2D eigenvalue weighted by molar-refractivity contribution is 5.97. The van der Waals surface area contributed by atoms with Gasteiger partial charge in [-0.15, -0.1) is 0 Å². The zero-order valence-corrected chi connectivity index (χ0v) is 12.2. The van der Waals surface area contributed by atoms with E-state index in [0.29, 0.717) is 29.5 Å². The summed E-state index contributed by atoms with van der Waals surface area (Å²) in [5.41, 5.74) is 8.44. The van der Waals surface area contributed by atoms with Gasteiger partial charge in [0.1, 0.15) is 5.82 Å². The number of nitrogens with zero attached hydrogens (tertiary/aromatic N) is 1. The zero-order valence-electron chi connectivity index (χ0n) is 12.2. The van der Waals surface area contributed by atoms with Crippen LogP contribution in [0.2, 0.25) is 0 Å². The number of anilines is 1. The first-order valence-corrected chi connectivity index (χ1v) is 8.04. The van der Waals surface area contributed by atoms with Crippen LogP contribution in [0.3, 0.4) is 0 Å². The SMILES string of the molecule is NC(=O)c1cc2c(nc1NC1CC3CCC(C1)N3)CCC2. The molecule has 2 aliphatic heterocycles. The van der Waals surface area contributed by atoms with E-state index in [1.54, 1.807) is 0 Å². The molecule has 2 saturated heterocycles. The number of amides is 1. The molecule has 1 amide bonds. The smallest absolute Gasteiger partial charge is 0.252 e. The fourth-order valence-electron chi connectivity index (χ4n) is 4.14. The van der Waals surface area contributed by atoms with E-state index in [2.05, 4.69) is 10.6 Å². The Balaban J connectivity index is 1.60. The maximum Gasteiger partial charge on any atom is 0.252 e. The van der Waals surface area contributed by atoms with E-state index in [4.69, 9.17) is 10.7 Å². The van der Waals surface area contributed by atoms with Crippen LogP contribution in [0.25, 0.3) is 0 Å². The highest BCUT2D eigenvalue weighted by Crippen LogP contribution is 2.30. The molecule has 5 heteroatoms. The third-order valence-electron chi connectivity index (χ3n) is 5.13. The Bertz CT molecular complexity index is 574. The number of aromatic nitrogens is 1. The first kappa shape index (κ1) is 13.1. The van der Waals surface area contributed by atoms with Crippen molar-refractivity contribution in [2.45, 2.75) is 63.1 Å². The van der Waals surface area contributed by atoms with Crippen molar-refractivity contribution in [1.82, 2.24) is 10.3 Å². The molecule has 0 spiro atoms. The Morgan fingerprint density at radius 1 is 1.29 bits per heavy atom. The summed E-state index contributed by atoms with van der Waals surface area (Å²) >= 11 is 0. The summed E-state index contributed by atoms with van der Waals surface area (Å²) in [6.45, 7) is 0. The van der Waals surface area contributed by atoms with Crippen LogP contribution in [0.1, 0.15) is 53.7 Å². The van der Waals surface area contributed by atoms with Crippen molar-refractivity contribution >= 4 is 11.7 Å². The van der Waals surface area contributed by atoms with Gasteiger partial charge in [-0.1, -0.05) is 0 Å². The molecule has 3 aliphatic rings. The lowest BCUT2D eigenvalue weighted by Crippen LogP contribution is -2.43. The molecule has 112 valence electrons. The molecule has 2 unspecified atom stereocenters. The van der Waals surface area contributed by atoms with Crippen LogP contribution in [0, 0.1) is 0 Å². The number of rotatable bonds is 3. The average molecular weight is 286 g/mol. The molecule has 4 rings (SSSR count). The molecule has 0 radical (unpaired) electrons. The van der Waals surface area contributed by atoms with Crippen molar-refractivity contribution < 1.29 is 4.79 Å². The molecule has 4 N–H and O–H groups in total. The number of hydrogen-bond acceptors (Lipinski definition) is 4. The van der Waals surface area contributed by atoms with Gasteiger partial charge in [0.2, 0.25) is 0 Å². The van der Waals surface area contributed by atoms with Crippen LogP contribution in [0.15, 0.2) is 6.07 Å². The molecular formula is C16H22N4O. The predicted octanol–water partition coefficient (Wildman–Crippen LogP) is 1.36. The first-order chi connectivity index (χ1) is 10.2. The third-order valence-corrected chi connectivity index (χ3v) is 5.13. The van der Waals surface area contributed by atoms with Crippen LogP contribution < -0.4 is 16.4 Å². The van der Waals surface area contributed by atoms with Crippen molar-refractivity contribution in [2.75, 3.05) is 5.32 Å². The summed E-state index contributed by atoms with van der Waals surface area (Å²) < 4.78 is 0. The molecule has 3 heterocycles. The quantitative estimate of drug-likeness (QED) is 0.784. The predicted molar refractivity (Wildman–Crippen MR) is 81.4 cm³/mol. The summed E-state index contributed by atoms with van der Waals surface area (Å²) in [6, 6.07) is 3.59. The number of hydrogen-bond donors (Lipinski definition) is 3. The molecule has 2 atom stereocenters. The second-order valence-corrected chi connectivity index (χ2v) is 6.66. The van der Waals surface area contributed by atoms with Gasteiger partial charge in [-0.2, -0.15) is 0 Å². The van der Waals surface area contributed by atoms with Crippen LogP contribution in [0.4, 0.5) is 5.82 Å². The molecule has 2 bridgehead atoms. The van der Waals surface area contributed by atoms with Gasteiger partial charge in [-0.25, -0.2) is 4.98 Å². The maximum absolute atomic E-state index is 11.7. The van der Waals surface area contributed by atoms with Crippen molar-refractivity contribution in [2.24, 2.45) is 5.73 Å². The minimum Gasteiger partial charge on any atom is -0.367 e. The Morgan fingerprint density at radius 2 is 2.05 bits per heavy atom. The van der Waals surface area contributed by atoms with E-state index in [0.717, 1.165) is 37.8 Å². The van der Waals surface area contributed by atoms with Gasteiger partial charge in [-0.3, -0.25) is 4.79 Å². The van der Waals surface area contributed by atoms with Gasteiger partial charge in [0, 0.05) is 23.8 Å². The van der Waals surface area contributed by atoms with Gasteiger partial charge >= 0.3 is 0 Å². The summed E-state index contributed by atoms with van der Waals surface area (Å²) in [4.78, 5) is 16.4. The van der Waals surface area contributed by atoms with Crippen molar-refractivity contribution in [3.8, 4) is 0 Å². The van der Waals surface area contributed by atoms with Crippen LogP contribution in [-0.4, -0.2) is 29.0 Å². The molecule has 1 aromatic rings. The normalized spacial score (nSPS) is 30.2. The van der Waals surface area contributed by atoms with Gasteiger partial charge in [0.05, 0.1) is 5.56 Å². The summed E-state index contributed by atoms with van der Waals surface area (Å²) in [5, 5.41) is 7.14. The van der Waals surface area contributed by atoms with Crippen LogP contribution >= 0.6 is 0 Å². The van der Waals surface area contributed by atoms with Gasteiger partial charge in [0.15, 0.2) is 0 Å². The maximum atomic E-state index is 11.7. The van der Waals surface area contributed by atoms with E-state index in [1.165, 1.54) is 18.4 Å². The number of carbonyl (C=O) groups excluding carboxylic acids is 1. The number of piperidine rings is 1. The zero-order chi connectivity index (χ0) is 14.4. The average Bonchev–Trinajstić information content (AvgIpc) is 3.03. The monoisotopic (exact) mass is 286 g/mol. The molecule has 2 fully saturated rings. The van der Waals surface area contributed by atoms with E-state index in [1.807, 2.05) is 6.07 Å². The van der Waals surface area contributed by atoms with Crippen molar-refractivity contribution in [3.05, 3.63) is 22.9 Å². The number of pyridine rings is 1. The standard InChI is InChI=1S/C16H22N4O/c17-15(21)13-6-9-2-1-3-14(9)20-16(13)19-12-7-10-4-5-11(8-12)18-10/h6,10-12,18H,1-5,7-8H2,(H2,17,21)(H,19,20). The van der Waals surface area contributed by atoms with Gasteiger partial charge in [-0.05, 0) is 56.6 Å². The number of carbonyl (C=O) groups is 1. The molecule has 5 nitrogen and oxygen atoms in total. The van der Waals surface area contributed by atoms with E-state index >= 15 is 0 Å². The summed E-state index contributed by atoms with van der Waals surface area (Å²) in [6.07, 6.45) is 7.90. The minimum absolute atomic E-state index is 0.378. The summed E-state index contributed by atoms with van der Waals surface area (Å²) in [7, 11) is 0. The number of aryl methyl sites for hydroxylation is 2. The van der Waals surface area contributed by atoms with Crippen LogP contribution in [0.5, 0.6) is 0 Å². The Hall–Kier alpha value is -1.62. The Labute approximate surface area is 124 Å². The van der Waals surface area contributed by atoms with Crippen molar-refractivity contribution in [1.29, 1.82) is 0 Å². The third kappa shape index (κ3) is 2.39. The largest absolute Gasteiger partial charge is 0.367 e. The lowest BCUT2D eigenvalue weighted by atomic mass is 9.99. The molecule has 0 aromatic carbocycles. The Kier molecular flexibility index (Phi) is 3.10. The minimum atomic E-state index is -0.378. The lowest BCUT2D eigenvalue weighted by Gasteiger charge is -2.30. The van der Waals surface area contributed by atoms with Gasteiger partial charge < -0.3 is 16.4 Å². The second kappa shape index (κ2) is 4.98. The fourth-order valence-corrected chi connectivity index (χ4v) is 4.14. The number of nitrogens with one attached hydrogen (secondary N) is 2. The molecule has 1 aromatic heterocycles. The van der Waals surface area contributed by atoms with E-state index in [9.17, 15) is 4.79 Å². The highest BCUT2D eigenvalue weighted by atomic mass is 16.1. The Morgan fingerprint density at radius 3 is 2.76 bits per heavy atom. The second-order valence-electron chi connectivity index (χ2n) is 6.66. The highest BCUT2D eigenvalue weighted by Gasteiger charge is 2.34. The topological polar surface area (TPSA) is 80.0 Å². The summed E-state index contributed by atoms with van der Waals surface area (Å²) in [5.74, 6) is 0.325. The number of fused-ring (bicyclic) bond motifs is 3. The molecule has 0 saturated carbocycles. The van der Waals surface area contributed by atoms with Crippen LogP contribution in [-0.2, 0) is 12.8 Å². The molecule has 21 heavy (non-hydrogen) atoms. The van der Waals surface area contributed by atoms with E-state index < -0.39 is 0 Å². The molecule has 1 aliphatic carbocycles. The first-order valence-electron chi connectivity index (χ1n) is 8.04. The van der Waals surface area contributed by atoms with Gasteiger partial charge in [0.25, 0.3) is 5.91 Å². The lowest BCUT2D eigenvalue weighted by molar-refractivity contribution is 0.100. The number of nitrogens with two attached hydrogens (primary N) is 1. The molecular weight excluding hydrogens is 264 g/mol.